The molecule has 1 atom stereocenters. The molecule has 0 bridgehead atoms. The number of methoxy groups -OCH3 is 1. The van der Waals surface area contributed by atoms with Crippen molar-refractivity contribution in [2.24, 2.45) is 0 Å². The fraction of sp³-hybridized carbons (Fsp3) is 0.167. The van der Waals surface area contributed by atoms with Crippen molar-refractivity contribution >= 4 is 40.4 Å². The van der Waals surface area contributed by atoms with E-state index in [-0.39, 0.29) is 5.91 Å². The molecule has 0 aliphatic rings. The zero-order chi connectivity index (χ0) is 22.2. The van der Waals surface area contributed by atoms with Gasteiger partial charge in [0.1, 0.15) is 5.75 Å². The van der Waals surface area contributed by atoms with E-state index in [9.17, 15) is 9.59 Å². The van der Waals surface area contributed by atoms with Gasteiger partial charge in [-0.3, -0.25) is 14.5 Å². The van der Waals surface area contributed by atoms with Gasteiger partial charge in [-0.25, -0.2) is 0 Å². The van der Waals surface area contributed by atoms with Crippen molar-refractivity contribution in [3.63, 3.8) is 0 Å². The van der Waals surface area contributed by atoms with Gasteiger partial charge in [0.05, 0.1) is 12.1 Å². The molecule has 3 rings (SSSR count). The van der Waals surface area contributed by atoms with Crippen LogP contribution in [-0.2, 0) is 16.0 Å². The number of thiophene rings is 1. The average Bonchev–Trinajstić information content (AvgIpc) is 3.31. The second-order valence-corrected chi connectivity index (χ2v) is 7.97. The third-order valence-corrected chi connectivity index (χ3v) is 5.85. The van der Waals surface area contributed by atoms with Crippen molar-refractivity contribution in [3.8, 4) is 18.1 Å². The van der Waals surface area contributed by atoms with E-state index < -0.39 is 11.9 Å². The summed E-state index contributed by atoms with van der Waals surface area (Å²) in [6, 6.07) is 17.4. The van der Waals surface area contributed by atoms with Gasteiger partial charge < -0.3 is 10.1 Å². The standard InChI is InChI=1S/C24H21ClN2O3S/c1-3-22(28)27(18-11-12-20(30-2)19(25)16-18)23(21-10-7-15-31-21)24(29)26-14-13-17-8-5-4-6-9-17/h1,4-12,15-16,23H,13-14H2,2H3,(H,26,29). The molecule has 1 N–H and O–H groups in total. The number of carbonyl (C=O) groups excluding carboxylic acids is 2. The predicted molar refractivity (Wildman–Crippen MR) is 125 cm³/mol. The summed E-state index contributed by atoms with van der Waals surface area (Å²) in [6.07, 6.45) is 6.11. The SMILES string of the molecule is C#CC(=O)N(c1ccc(OC)c(Cl)c1)C(C(=O)NCCc1ccccc1)c1cccs1. The summed E-state index contributed by atoms with van der Waals surface area (Å²) in [6.45, 7) is 0.423. The highest BCUT2D eigenvalue weighted by atomic mass is 35.5. The number of rotatable bonds is 8. The number of halogens is 1. The van der Waals surface area contributed by atoms with Crippen molar-refractivity contribution in [2.45, 2.75) is 12.5 Å². The third kappa shape index (κ3) is 5.46. The van der Waals surface area contributed by atoms with E-state index in [4.69, 9.17) is 22.8 Å². The van der Waals surface area contributed by atoms with Crippen LogP contribution in [0, 0.1) is 12.3 Å². The largest absolute Gasteiger partial charge is 0.495 e. The van der Waals surface area contributed by atoms with Crippen LogP contribution in [0.3, 0.4) is 0 Å². The predicted octanol–water partition coefficient (Wildman–Crippen LogP) is 4.48. The fourth-order valence-corrected chi connectivity index (χ4v) is 4.21. The zero-order valence-electron chi connectivity index (χ0n) is 16.9. The summed E-state index contributed by atoms with van der Waals surface area (Å²) < 4.78 is 5.19. The van der Waals surface area contributed by atoms with E-state index in [1.165, 1.54) is 23.3 Å². The Labute approximate surface area is 190 Å². The van der Waals surface area contributed by atoms with Gasteiger partial charge >= 0.3 is 5.91 Å². The maximum absolute atomic E-state index is 13.3. The number of terminal acetylenes is 1. The normalized spacial score (nSPS) is 11.3. The highest BCUT2D eigenvalue weighted by Crippen LogP contribution is 2.35. The van der Waals surface area contributed by atoms with Crippen LogP contribution in [0.5, 0.6) is 5.75 Å². The lowest BCUT2D eigenvalue weighted by Crippen LogP contribution is -2.43. The Bertz CT molecular complexity index is 1080. The Morgan fingerprint density at radius 1 is 1.19 bits per heavy atom. The summed E-state index contributed by atoms with van der Waals surface area (Å²) in [5, 5.41) is 5.09. The van der Waals surface area contributed by atoms with E-state index in [0.717, 1.165) is 5.56 Å². The van der Waals surface area contributed by atoms with Gasteiger partial charge in [0, 0.05) is 17.1 Å². The molecule has 0 radical (unpaired) electrons. The number of hydrogen-bond acceptors (Lipinski definition) is 4. The van der Waals surface area contributed by atoms with Crippen LogP contribution in [0.2, 0.25) is 5.02 Å². The number of nitrogens with one attached hydrogen (secondary N) is 1. The van der Waals surface area contributed by atoms with Crippen molar-refractivity contribution in [1.29, 1.82) is 0 Å². The fourth-order valence-electron chi connectivity index (χ4n) is 3.15. The summed E-state index contributed by atoms with van der Waals surface area (Å²) in [4.78, 5) is 28.0. The van der Waals surface area contributed by atoms with E-state index >= 15 is 0 Å². The van der Waals surface area contributed by atoms with Gasteiger partial charge in [-0.15, -0.1) is 17.8 Å². The molecule has 5 nitrogen and oxygen atoms in total. The van der Waals surface area contributed by atoms with E-state index in [1.54, 1.807) is 24.3 Å². The van der Waals surface area contributed by atoms with Crippen LogP contribution in [0.15, 0.2) is 66.0 Å². The lowest BCUT2D eigenvalue weighted by Gasteiger charge is -2.29. The molecule has 0 aliphatic carbocycles. The number of carbonyl (C=O) groups is 2. The number of hydrogen-bond donors (Lipinski definition) is 1. The monoisotopic (exact) mass is 452 g/mol. The molecular formula is C24H21ClN2O3S. The second kappa shape index (κ2) is 10.7. The minimum Gasteiger partial charge on any atom is -0.495 e. The first kappa shape index (κ1) is 22.4. The minimum atomic E-state index is -0.927. The maximum atomic E-state index is 13.3. The van der Waals surface area contributed by atoms with Crippen LogP contribution < -0.4 is 15.0 Å². The second-order valence-electron chi connectivity index (χ2n) is 6.58. The molecule has 2 amide bonds. The molecule has 2 aromatic carbocycles. The molecule has 0 spiro atoms. The first-order chi connectivity index (χ1) is 15.0. The van der Waals surface area contributed by atoms with Crippen LogP contribution in [0.1, 0.15) is 16.5 Å². The van der Waals surface area contributed by atoms with Crippen LogP contribution in [0.25, 0.3) is 0 Å². The van der Waals surface area contributed by atoms with Crippen LogP contribution in [-0.4, -0.2) is 25.5 Å². The minimum absolute atomic E-state index is 0.309. The maximum Gasteiger partial charge on any atom is 0.303 e. The van der Waals surface area contributed by atoms with Crippen molar-refractivity contribution in [1.82, 2.24) is 5.32 Å². The molecule has 0 saturated heterocycles. The highest BCUT2D eigenvalue weighted by Gasteiger charge is 2.33. The molecule has 0 aliphatic heterocycles. The number of amides is 2. The van der Waals surface area contributed by atoms with E-state index in [0.29, 0.717) is 34.3 Å². The Hall–Kier alpha value is -3.27. The van der Waals surface area contributed by atoms with Gasteiger partial charge in [-0.1, -0.05) is 48.0 Å². The lowest BCUT2D eigenvalue weighted by atomic mass is 10.1. The van der Waals surface area contributed by atoms with E-state index in [2.05, 4.69) is 11.2 Å². The molecule has 7 heteroatoms. The molecule has 0 saturated carbocycles. The molecule has 1 unspecified atom stereocenters. The molecule has 1 aromatic heterocycles. The van der Waals surface area contributed by atoms with Crippen LogP contribution in [0.4, 0.5) is 5.69 Å². The summed E-state index contributed by atoms with van der Waals surface area (Å²) in [7, 11) is 1.50. The highest BCUT2D eigenvalue weighted by molar-refractivity contribution is 7.10. The number of anilines is 1. The molecular weight excluding hydrogens is 432 g/mol. The third-order valence-electron chi connectivity index (χ3n) is 4.63. The Kier molecular flexibility index (Phi) is 7.71. The summed E-state index contributed by atoms with van der Waals surface area (Å²) >= 11 is 7.64. The van der Waals surface area contributed by atoms with Gasteiger partial charge in [-0.05, 0) is 47.6 Å². The number of ether oxygens (including phenoxy) is 1. The molecule has 1 heterocycles. The Balaban J connectivity index is 1.90. The average molecular weight is 453 g/mol. The van der Waals surface area contributed by atoms with E-state index in [1.807, 2.05) is 41.8 Å². The first-order valence-corrected chi connectivity index (χ1v) is 10.8. The summed E-state index contributed by atoms with van der Waals surface area (Å²) in [5.41, 5.74) is 1.51. The lowest BCUT2D eigenvalue weighted by molar-refractivity contribution is -0.125. The molecule has 31 heavy (non-hydrogen) atoms. The smallest absolute Gasteiger partial charge is 0.303 e. The van der Waals surface area contributed by atoms with Gasteiger partial charge in [0.15, 0.2) is 6.04 Å². The first-order valence-electron chi connectivity index (χ1n) is 9.53. The van der Waals surface area contributed by atoms with Crippen molar-refractivity contribution in [3.05, 3.63) is 81.5 Å². The molecule has 0 fully saturated rings. The Morgan fingerprint density at radius 2 is 1.97 bits per heavy atom. The summed E-state index contributed by atoms with van der Waals surface area (Å²) in [5.74, 6) is 1.62. The molecule has 158 valence electrons. The number of benzene rings is 2. The van der Waals surface area contributed by atoms with Crippen molar-refractivity contribution < 1.29 is 14.3 Å². The Morgan fingerprint density at radius 3 is 2.58 bits per heavy atom. The quantitative estimate of drug-likeness (QED) is 0.513. The van der Waals surface area contributed by atoms with Gasteiger partial charge in [0.25, 0.3) is 0 Å². The van der Waals surface area contributed by atoms with Crippen LogP contribution >= 0.6 is 22.9 Å². The topological polar surface area (TPSA) is 58.6 Å². The van der Waals surface area contributed by atoms with Crippen molar-refractivity contribution in [2.75, 3.05) is 18.6 Å². The zero-order valence-corrected chi connectivity index (χ0v) is 18.5. The number of nitrogens with zero attached hydrogens (tertiary/aromatic N) is 1. The van der Waals surface area contributed by atoms with Gasteiger partial charge in [0.2, 0.25) is 5.91 Å². The molecule has 3 aromatic rings. The van der Waals surface area contributed by atoms with Gasteiger partial charge in [-0.2, -0.15) is 0 Å².